The number of piperidine rings is 1. The molecule has 19 heavy (non-hydrogen) atoms. The van der Waals surface area contributed by atoms with Crippen LogP contribution in [0.1, 0.15) is 31.9 Å². The smallest absolute Gasteiger partial charge is 0.246 e. The van der Waals surface area contributed by atoms with Gasteiger partial charge in [0.1, 0.15) is 4.90 Å². The van der Waals surface area contributed by atoms with Crippen LogP contribution in [-0.4, -0.2) is 41.1 Å². The minimum absolute atomic E-state index is 0.113. The van der Waals surface area contributed by atoms with Gasteiger partial charge in [-0.1, -0.05) is 6.42 Å². The summed E-state index contributed by atoms with van der Waals surface area (Å²) < 4.78 is 28.6. The molecule has 0 aromatic carbocycles. The molecule has 0 saturated carbocycles. The van der Waals surface area contributed by atoms with E-state index < -0.39 is 10.0 Å². The second-order valence-corrected chi connectivity index (χ2v) is 7.11. The second kappa shape index (κ2) is 5.22. The number of hydrogen-bond donors (Lipinski definition) is 1. The van der Waals surface area contributed by atoms with Gasteiger partial charge in [0.2, 0.25) is 10.0 Å². The summed E-state index contributed by atoms with van der Waals surface area (Å²) in [5.41, 5.74) is 6.61. The fourth-order valence-corrected chi connectivity index (χ4v) is 4.57. The number of aryl methyl sites for hydroxylation is 1. The zero-order valence-corrected chi connectivity index (χ0v) is 12.5. The van der Waals surface area contributed by atoms with E-state index >= 15 is 0 Å². The molecule has 2 heterocycles. The molecule has 1 aromatic heterocycles. The molecule has 2 atom stereocenters. The Labute approximate surface area is 114 Å². The Bertz CT molecular complexity index is 550. The van der Waals surface area contributed by atoms with Crippen molar-refractivity contribution in [1.29, 1.82) is 0 Å². The predicted molar refractivity (Wildman–Crippen MR) is 73.1 cm³/mol. The van der Waals surface area contributed by atoms with Crippen LogP contribution in [0.3, 0.4) is 0 Å². The van der Waals surface area contributed by atoms with Gasteiger partial charge < -0.3 is 5.73 Å². The third-order valence-corrected chi connectivity index (χ3v) is 5.91. The van der Waals surface area contributed by atoms with Crippen LogP contribution in [0.15, 0.2) is 11.1 Å². The summed E-state index contributed by atoms with van der Waals surface area (Å²) in [5, 5.41) is 4.03. The van der Waals surface area contributed by atoms with Gasteiger partial charge in [0.25, 0.3) is 0 Å². The molecule has 6 nitrogen and oxygen atoms in total. The first-order chi connectivity index (χ1) is 8.85. The van der Waals surface area contributed by atoms with Crippen molar-refractivity contribution in [1.82, 2.24) is 14.1 Å². The summed E-state index contributed by atoms with van der Waals surface area (Å²) in [5.74, 6) is 0. The van der Waals surface area contributed by atoms with Crippen LogP contribution in [0.4, 0.5) is 0 Å². The Morgan fingerprint density at radius 2 is 2.16 bits per heavy atom. The second-order valence-electron chi connectivity index (χ2n) is 5.26. The van der Waals surface area contributed by atoms with Gasteiger partial charge in [0, 0.05) is 25.7 Å². The zero-order valence-electron chi connectivity index (χ0n) is 11.7. The standard InChI is InChI=1S/C12H22N4O2S/c1-9(13)11-6-4-5-7-16(11)19(17,18)12-8-14-15(3)10(12)2/h8-9,11H,4-7,13H2,1-3H3. The fraction of sp³-hybridized carbons (Fsp3) is 0.750. The van der Waals surface area contributed by atoms with Crippen LogP contribution in [0.25, 0.3) is 0 Å². The minimum Gasteiger partial charge on any atom is -0.326 e. The lowest BCUT2D eigenvalue weighted by Crippen LogP contribution is -2.51. The summed E-state index contributed by atoms with van der Waals surface area (Å²) in [7, 11) is -1.75. The first-order valence-electron chi connectivity index (χ1n) is 6.61. The molecular formula is C12H22N4O2S. The third-order valence-electron chi connectivity index (χ3n) is 3.88. The van der Waals surface area contributed by atoms with Crippen LogP contribution < -0.4 is 5.73 Å². The molecule has 2 N–H and O–H groups in total. The van der Waals surface area contributed by atoms with Crippen LogP contribution in [0, 0.1) is 6.92 Å². The van der Waals surface area contributed by atoms with E-state index in [1.54, 1.807) is 23.0 Å². The molecule has 0 aliphatic carbocycles. The average molecular weight is 286 g/mol. The van der Waals surface area contributed by atoms with Crippen molar-refractivity contribution < 1.29 is 8.42 Å². The van der Waals surface area contributed by atoms with Crippen molar-refractivity contribution in [2.24, 2.45) is 12.8 Å². The van der Waals surface area contributed by atoms with E-state index in [0.29, 0.717) is 17.1 Å². The normalized spacial score (nSPS) is 23.5. The van der Waals surface area contributed by atoms with Crippen molar-refractivity contribution >= 4 is 10.0 Å². The van der Waals surface area contributed by atoms with Gasteiger partial charge in [-0.3, -0.25) is 4.68 Å². The number of nitrogens with zero attached hydrogens (tertiary/aromatic N) is 3. The van der Waals surface area contributed by atoms with Gasteiger partial charge in [-0.15, -0.1) is 0 Å². The molecule has 0 amide bonds. The Morgan fingerprint density at radius 3 is 2.68 bits per heavy atom. The Balaban J connectivity index is 2.40. The van der Waals surface area contributed by atoms with Crippen LogP contribution in [-0.2, 0) is 17.1 Å². The molecule has 0 bridgehead atoms. The van der Waals surface area contributed by atoms with Crippen molar-refractivity contribution in [3.8, 4) is 0 Å². The van der Waals surface area contributed by atoms with Crippen molar-refractivity contribution in [3.05, 3.63) is 11.9 Å². The Morgan fingerprint density at radius 1 is 1.47 bits per heavy atom. The molecule has 108 valence electrons. The zero-order chi connectivity index (χ0) is 14.2. The monoisotopic (exact) mass is 286 g/mol. The highest BCUT2D eigenvalue weighted by atomic mass is 32.2. The van der Waals surface area contributed by atoms with Crippen LogP contribution >= 0.6 is 0 Å². The van der Waals surface area contributed by atoms with E-state index in [0.717, 1.165) is 19.3 Å². The highest BCUT2D eigenvalue weighted by Gasteiger charge is 2.36. The van der Waals surface area contributed by atoms with E-state index in [9.17, 15) is 8.42 Å². The topological polar surface area (TPSA) is 81.2 Å². The lowest BCUT2D eigenvalue weighted by atomic mass is 10.00. The summed E-state index contributed by atoms with van der Waals surface area (Å²) in [6, 6.07) is -0.273. The lowest BCUT2D eigenvalue weighted by Gasteiger charge is -2.36. The van der Waals surface area contributed by atoms with Crippen molar-refractivity contribution in [3.63, 3.8) is 0 Å². The third kappa shape index (κ3) is 2.54. The molecule has 1 aliphatic heterocycles. The van der Waals surface area contributed by atoms with E-state index in [2.05, 4.69) is 5.10 Å². The molecule has 1 aliphatic rings. The van der Waals surface area contributed by atoms with E-state index in [4.69, 9.17) is 5.73 Å². The van der Waals surface area contributed by atoms with E-state index in [1.807, 2.05) is 6.92 Å². The quantitative estimate of drug-likeness (QED) is 0.883. The average Bonchev–Trinajstić information content (AvgIpc) is 2.70. The highest BCUT2D eigenvalue weighted by molar-refractivity contribution is 7.89. The lowest BCUT2D eigenvalue weighted by molar-refractivity contribution is 0.227. The molecule has 2 rings (SSSR count). The Kier molecular flexibility index (Phi) is 3.98. The molecular weight excluding hydrogens is 264 g/mol. The number of nitrogens with two attached hydrogens (primary N) is 1. The predicted octanol–water partition coefficient (Wildman–Crippen LogP) is 0.619. The van der Waals surface area contributed by atoms with Gasteiger partial charge >= 0.3 is 0 Å². The van der Waals surface area contributed by atoms with Gasteiger partial charge in [-0.05, 0) is 26.7 Å². The van der Waals surface area contributed by atoms with Gasteiger partial charge in [0.05, 0.1) is 11.9 Å². The minimum atomic E-state index is -3.50. The Hall–Kier alpha value is -0.920. The number of aromatic nitrogens is 2. The van der Waals surface area contributed by atoms with Crippen molar-refractivity contribution in [2.75, 3.05) is 6.54 Å². The van der Waals surface area contributed by atoms with Gasteiger partial charge in [-0.25, -0.2) is 8.42 Å². The van der Waals surface area contributed by atoms with E-state index in [1.165, 1.54) is 6.20 Å². The largest absolute Gasteiger partial charge is 0.326 e. The van der Waals surface area contributed by atoms with E-state index in [-0.39, 0.29) is 12.1 Å². The van der Waals surface area contributed by atoms with Gasteiger partial charge in [0.15, 0.2) is 0 Å². The first-order valence-corrected chi connectivity index (χ1v) is 8.05. The SMILES string of the molecule is Cc1c(S(=O)(=O)N2CCCCC2C(C)N)cnn1C. The van der Waals surface area contributed by atoms with Crippen LogP contribution in [0.2, 0.25) is 0 Å². The maximum absolute atomic E-state index is 12.8. The molecule has 1 fully saturated rings. The molecule has 0 spiro atoms. The maximum Gasteiger partial charge on any atom is 0.246 e. The number of sulfonamides is 1. The molecule has 0 radical (unpaired) electrons. The summed E-state index contributed by atoms with van der Waals surface area (Å²) in [6.45, 7) is 4.18. The van der Waals surface area contributed by atoms with Crippen molar-refractivity contribution in [2.45, 2.75) is 50.1 Å². The molecule has 1 saturated heterocycles. The summed E-state index contributed by atoms with van der Waals surface area (Å²) >= 11 is 0. The summed E-state index contributed by atoms with van der Waals surface area (Å²) in [4.78, 5) is 0.294. The van der Waals surface area contributed by atoms with Crippen LogP contribution in [0.5, 0.6) is 0 Å². The first kappa shape index (κ1) is 14.5. The molecule has 2 unspecified atom stereocenters. The number of rotatable bonds is 3. The number of hydrogen-bond acceptors (Lipinski definition) is 4. The summed E-state index contributed by atoms with van der Waals surface area (Å²) in [6.07, 6.45) is 4.18. The maximum atomic E-state index is 12.8. The van der Waals surface area contributed by atoms with Gasteiger partial charge in [-0.2, -0.15) is 9.40 Å². The molecule has 7 heteroatoms. The molecule has 1 aromatic rings. The highest BCUT2D eigenvalue weighted by Crippen LogP contribution is 2.27. The fourth-order valence-electron chi connectivity index (χ4n) is 2.61.